The average molecular weight is 538 g/mol. The van der Waals surface area contributed by atoms with Crippen molar-refractivity contribution in [2.75, 3.05) is 53.1 Å². The van der Waals surface area contributed by atoms with Crippen LogP contribution in [0.4, 0.5) is 0 Å². The minimum absolute atomic E-state index is 0.109. The number of fused-ring (bicyclic) bond motifs is 2. The summed E-state index contributed by atoms with van der Waals surface area (Å²) in [7, 11) is 1.65. The van der Waals surface area contributed by atoms with Gasteiger partial charge >= 0.3 is 0 Å². The van der Waals surface area contributed by atoms with Crippen LogP contribution in [-0.2, 0) is 11.3 Å². The number of piperidine rings is 1. The number of benzene rings is 2. The fourth-order valence-corrected chi connectivity index (χ4v) is 5.71. The fraction of sp³-hybridized carbons (Fsp3) is 0.533. The summed E-state index contributed by atoms with van der Waals surface area (Å²) in [6.45, 7) is 4.93. The molecule has 0 unspecified atom stereocenters. The monoisotopic (exact) mass is 537 g/mol. The molecule has 1 fully saturated rings. The van der Waals surface area contributed by atoms with Crippen molar-refractivity contribution in [3.8, 4) is 23.0 Å². The molecule has 3 heterocycles. The van der Waals surface area contributed by atoms with Gasteiger partial charge in [-0.15, -0.1) is 0 Å². The smallest absolute Gasteiger partial charge is 0.255 e. The molecule has 5 rings (SSSR count). The van der Waals surface area contributed by atoms with Crippen molar-refractivity contribution in [3.05, 3.63) is 47.5 Å². The SMILES string of the molecule is COc1cc(CN2CCC3(CCCCNC(=O)c4ccccc4OCCNC3=O)CC2)cc2c1OCCCO2. The predicted octanol–water partition coefficient (Wildman–Crippen LogP) is 3.55. The normalized spacial score (nSPS) is 20.4. The molecular weight excluding hydrogens is 498 g/mol. The molecule has 2 amide bonds. The highest BCUT2D eigenvalue weighted by Gasteiger charge is 2.40. The van der Waals surface area contributed by atoms with Gasteiger partial charge in [-0.1, -0.05) is 18.6 Å². The van der Waals surface area contributed by atoms with Crippen molar-refractivity contribution in [2.45, 2.75) is 45.1 Å². The van der Waals surface area contributed by atoms with Crippen LogP contribution in [0, 0.1) is 5.41 Å². The zero-order valence-electron chi connectivity index (χ0n) is 22.8. The Labute approximate surface area is 230 Å². The van der Waals surface area contributed by atoms with E-state index in [9.17, 15) is 9.59 Å². The van der Waals surface area contributed by atoms with Gasteiger partial charge in [0.15, 0.2) is 11.5 Å². The lowest BCUT2D eigenvalue weighted by Crippen LogP contribution is -2.49. The highest BCUT2D eigenvalue weighted by atomic mass is 16.5. The van der Waals surface area contributed by atoms with Crippen LogP contribution < -0.4 is 29.6 Å². The molecule has 210 valence electrons. The summed E-state index contributed by atoms with van der Waals surface area (Å²) in [6, 6.07) is 11.3. The van der Waals surface area contributed by atoms with Crippen LogP contribution >= 0.6 is 0 Å². The second-order valence-corrected chi connectivity index (χ2v) is 10.5. The van der Waals surface area contributed by atoms with Gasteiger partial charge in [0.2, 0.25) is 11.7 Å². The van der Waals surface area contributed by atoms with Crippen LogP contribution in [-0.4, -0.2) is 69.8 Å². The van der Waals surface area contributed by atoms with E-state index in [1.165, 1.54) is 0 Å². The molecule has 0 radical (unpaired) electrons. The van der Waals surface area contributed by atoms with Gasteiger partial charge in [0.05, 0.1) is 37.8 Å². The lowest BCUT2D eigenvalue weighted by atomic mass is 9.73. The number of para-hydroxylation sites is 1. The summed E-state index contributed by atoms with van der Waals surface area (Å²) < 4.78 is 23.2. The molecular formula is C30H39N3O6. The van der Waals surface area contributed by atoms with E-state index < -0.39 is 5.41 Å². The summed E-state index contributed by atoms with van der Waals surface area (Å²) in [4.78, 5) is 28.5. The van der Waals surface area contributed by atoms with Gasteiger partial charge in [-0.25, -0.2) is 0 Å². The van der Waals surface area contributed by atoms with E-state index in [2.05, 4.69) is 15.5 Å². The minimum atomic E-state index is -0.412. The number of amides is 2. The minimum Gasteiger partial charge on any atom is -0.493 e. The van der Waals surface area contributed by atoms with Crippen LogP contribution in [0.3, 0.4) is 0 Å². The lowest BCUT2D eigenvalue weighted by Gasteiger charge is -2.41. The number of nitrogens with zero attached hydrogens (tertiary/aromatic N) is 1. The number of methoxy groups -OCH3 is 1. The molecule has 1 spiro atoms. The van der Waals surface area contributed by atoms with Gasteiger partial charge in [0.25, 0.3) is 5.91 Å². The molecule has 9 nitrogen and oxygen atoms in total. The van der Waals surface area contributed by atoms with E-state index in [1.54, 1.807) is 19.2 Å². The molecule has 2 aromatic carbocycles. The number of rotatable bonds is 3. The summed E-state index contributed by atoms with van der Waals surface area (Å²) in [5, 5.41) is 6.14. The summed E-state index contributed by atoms with van der Waals surface area (Å²) in [6.07, 6.45) is 4.93. The molecule has 39 heavy (non-hydrogen) atoms. The van der Waals surface area contributed by atoms with Crippen LogP contribution in [0.1, 0.15) is 54.4 Å². The summed E-state index contributed by atoms with van der Waals surface area (Å²) >= 11 is 0. The average Bonchev–Trinajstić information content (AvgIpc) is 3.21. The zero-order chi connectivity index (χ0) is 27.1. The van der Waals surface area contributed by atoms with Gasteiger partial charge in [-0.3, -0.25) is 14.5 Å². The van der Waals surface area contributed by atoms with Crippen LogP contribution in [0.25, 0.3) is 0 Å². The first-order valence-electron chi connectivity index (χ1n) is 14.1. The third kappa shape index (κ3) is 6.41. The van der Waals surface area contributed by atoms with Gasteiger partial charge in [0.1, 0.15) is 12.4 Å². The molecule has 1 saturated heterocycles. The number of hydrogen-bond donors (Lipinski definition) is 2. The highest BCUT2D eigenvalue weighted by Crippen LogP contribution is 2.41. The molecule has 2 aromatic rings. The van der Waals surface area contributed by atoms with Crippen LogP contribution in [0.15, 0.2) is 36.4 Å². The standard InChI is InChI=1S/C30H39N3O6/c1-36-25-19-22(20-26-27(25)39-17-6-16-37-26)21-33-14-10-30(11-15-33)9-4-5-12-31-28(34)23-7-2-3-8-24(23)38-18-13-32-29(30)35/h2-3,7-8,19-20H,4-6,9-18,21H2,1H3,(H,31,34)(H,32,35). The van der Waals surface area contributed by atoms with Gasteiger partial charge in [0, 0.05) is 19.5 Å². The van der Waals surface area contributed by atoms with E-state index in [-0.39, 0.29) is 11.8 Å². The Bertz CT molecular complexity index is 1160. The Kier molecular flexibility index (Phi) is 8.76. The second-order valence-electron chi connectivity index (χ2n) is 10.5. The van der Waals surface area contributed by atoms with Crippen molar-refractivity contribution in [2.24, 2.45) is 5.41 Å². The van der Waals surface area contributed by atoms with Crippen molar-refractivity contribution >= 4 is 11.8 Å². The Morgan fingerprint density at radius 1 is 0.872 bits per heavy atom. The van der Waals surface area contributed by atoms with Crippen molar-refractivity contribution in [1.29, 1.82) is 0 Å². The topological polar surface area (TPSA) is 98.4 Å². The molecule has 3 aliphatic heterocycles. The third-order valence-corrected chi connectivity index (χ3v) is 7.94. The van der Waals surface area contributed by atoms with E-state index in [1.807, 2.05) is 24.3 Å². The van der Waals surface area contributed by atoms with Crippen molar-refractivity contribution in [1.82, 2.24) is 15.5 Å². The molecule has 0 aliphatic carbocycles. The van der Waals surface area contributed by atoms with E-state index in [4.69, 9.17) is 18.9 Å². The first-order valence-corrected chi connectivity index (χ1v) is 14.1. The van der Waals surface area contributed by atoms with E-state index in [0.717, 1.165) is 69.5 Å². The van der Waals surface area contributed by atoms with Crippen molar-refractivity contribution in [3.63, 3.8) is 0 Å². The molecule has 0 saturated carbocycles. The molecule has 9 heteroatoms. The van der Waals surface area contributed by atoms with E-state index in [0.29, 0.717) is 55.7 Å². The molecule has 0 bridgehead atoms. The first-order chi connectivity index (χ1) is 19.1. The molecule has 0 atom stereocenters. The predicted molar refractivity (Wildman–Crippen MR) is 147 cm³/mol. The quantitative estimate of drug-likeness (QED) is 0.618. The molecule has 0 aromatic heterocycles. The highest BCUT2D eigenvalue weighted by molar-refractivity contribution is 5.96. The number of carbonyl (C=O) groups is 2. The van der Waals surface area contributed by atoms with Crippen LogP contribution in [0.5, 0.6) is 23.0 Å². The number of likely N-dealkylation sites (tertiary alicyclic amines) is 1. The van der Waals surface area contributed by atoms with Gasteiger partial charge < -0.3 is 29.6 Å². The number of nitrogens with one attached hydrogen (secondary N) is 2. The number of carbonyl (C=O) groups excluding carboxylic acids is 2. The Hall–Kier alpha value is -3.46. The first kappa shape index (κ1) is 27.1. The summed E-state index contributed by atoms with van der Waals surface area (Å²) in [5.41, 5.74) is 1.22. The number of ether oxygens (including phenoxy) is 4. The van der Waals surface area contributed by atoms with Crippen LogP contribution in [0.2, 0.25) is 0 Å². The number of hydrogen-bond acceptors (Lipinski definition) is 7. The van der Waals surface area contributed by atoms with Gasteiger partial charge in [-0.2, -0.15) is 0 Å². The lowest BCUT2D eigenvalue weighted by molar-refractivity contribution is -0.134. The molecule has 3 aliphatic rings. The fourth-order valence-electron chi connectivity index (χ4n) is 5.71. The largest absolute Gasteiger partial charge is 0.493 e. The second kappa shape index (κ2) is 12.6. The Balaban J connectivity index is 1.22. The third-order valence-electron chi connectivity index (χ3n) is 7.94. The molecule has 2 N–H and O–H groups in total. The summed E-state index contributed by atoms with van der Waals surface area (Å²) in [5.74, 6) is 2.63. The Morgan fingerprint density at radius 2 is 1.67 bits per heavy atom. The Morgan fingerprint density at radius 3 is 2.51 bits per heavy atom. The van der Waals surface area contributed by atoms with Crippen molar-refractivity contribution < 1.29 is 28.5 Å². The maximum absolute atomic E-state index is 13.5. The van der Waals surface area contributed by atoms with E-state index >= 15 is 0 Å². The maximum atomic E-state index is 13.5. The zero-order valence-corrected chi connectivity index (χ0v) is 22.8. The van der Waals surface area contributed by atoms with Gasteiger partial charge in [-0.05, 0) is 68.6 Å². The maximum Gasteiger partial charge on any atom is 0.255 e.